The van der Waals surface area contributed by atoms with Crippen LogP contribution in [0.2, 0.25) is 0 Å². The van der Waals surface area contributed by atoms with Crippen LogP contribution in [0.3, 0.4) is 0 Å². The van der Waals surface area contributed by atoms with Gasteiger partial charge in [0, 0.05) is 32.1 Å². The number of hydrogen-bond donors (Lipinski definition) is 0. The van der Waals surface area contributed by atoms with E-state index in [2.05, 4.69) is 9.97 Å². The van der Waals surface area contributed by atoms with E-state index in [4.69, 9.17) is 21.4 Å². The van der Waals surface area contributed by atoms with E-state index in [9.17, 15) is 26.4 Å². The Balaban J connectivity index is 2.66. The van der Waals surface area contributed by atoms with Crippen LogP contribution in [0.1, 0.15) is 21.0 Å². The Labute approximate surface area is 155 Å². The van der Waals surface area contributed by atoms with Crippen molar-refractivity contribution in [3.8, 4) is 0 Å². The average molecular weight is 433 g/mol. The first-order valence-electron chi connectivity index (χ1n) is 6.64. The topological polar surface area (TPSA) is 128 Å². The van der Waals surface area contributed by atoms with E-state index in [1.165, 1.54) is 12.1 Å². The zero-order valence-electron chi connectivity index (χ0n) is 12.4. The summed E-state index contributed by atoms with van der Waals surface area (Å²) < 4.78 is 47.3. The second kappa shape index (κ2) is 6.23. The van der Waals surface area contributed by atoms with Gasteiger partial charge in [0.05, 0.1) is 20.8 Å². The molecule has 0 aliphatic heterocycles. The number of halogens is 2. The number of aromatic nitrogens is 2. The van der Waals surface area contributed by atoms with Crippen molar-refractivity contribution in [3.63, 3.8) is 0 Å². The SMILES string of the molecule is O=Cc1cc(S(=O)(=O)Cl)c2ccc3c(S(=O)(=O)Cl)cc(C=O)nc3c2n1. The van der Waals surface area contributed by atoms with Crippen molar-refractivity contribution < 1.29 is 26.4 Å². The molecule has 0 spiro atoms. The number of aldehydes is 2. The third-order valence-corrected chi connectivity index (χ3v) is 6.21. The Morgan fingerprint density at radius 1 is 0.731 bits per heavy atom. The first-order valence-corrected chi connectivity index (χ1v) is 11.3. The fourth-order valence-electron chi connectivity index (χ4n) is 2.47. The number of carbonyl (C=O) groups excluding carboxylic acids is 2. The van der Waals surface area contributed by atoms with Gasteiger partial charge in [-0.3, -0.25) is 9.59 Å². The van der Waals surface area contributed by atoms with E-state index in [1.54, 1.807) is 0 Å². The summed E-state index contributed by atoms with van der Waals surface area (Å²) in [6.45, 7) is 0. The van der Waals surface area contributed by atoms with Gasteiger partial charge >= 0.3 is 0 Å². The molecule has 0 unspecified atom stereocenters. The number of pyridine rings is 2. The molecule has 0 aliphatic rings. The molecule has 2 heterocycles. The molecule has 3 aromatic rings. The third-order valence-electron chi connectivity index (χ3n) is 3.49. The zero-order chi connectivity index (χ0) is 19.3. The summed E-state index contributed by atoms with van der Waals surface area (Å²) in [5.74, 6) is 0. The molecule has 8 nitrogen and oxygen atoms in total. The molecule has 0 radical (unpaired) electrons. The largest absolute Gasteiger partial charge is 0.296 e. The van der Waals surface area contributed by atoms with Gasteiger partial charge in [0.2, 0.25) is 0 Å². The fraction of sp³-hybridized carbons (Fsp3) is 0. The molecule has 0 atom stereocenters. The number of rotatable bonds is 4. The summed E-state index contributed by atoms with van der Waals surface area (Å²) in [7, 11) is 2.32. The van der Waals surface area contributed by atoms with Crippen molar-refractivity contribution in [2.75, 3.05) is 0 Å². The monoisotopic (exact) mass is 432 g/mol. The molecule has 1 aromatic carbocycles. The molecule has 2 aromatic heterocycles. The van der Waals surface area contributed by atoms with Crippen molar-refractivity contribution in [3.05, 3.63) is 35.7 Å². The maximum absolute atomic E-state index is 11.8. The summed E-state index contributed by atoms with van der Waals surface area (Å²) in [5, 5.41) is 0.0122. The highest BCUT2D eigenvalue weighted by Crippen LogP contribution is 2.33. The standard InChI is InChI=1S/C14H6Cl2N2O6S2/c15-25(21,22)11-3-7(5-19)17-13-9(11)1-2-10-12(26(16,23)24)4-8(6-20)18-14(10)13/h1-6H. The number of hydrogen-bond acceptors (Lipinski definition) is 8. The first-order chi connectivity index (χ1) is 12.1. The van der Waals surface area contributed by atoms with Gasteiger partial charge in [0.15, 0.2) is 12.6 Å². The molecule has 0 N–H and O–H groups in total. The Kier molecular flexibility index (Phi) is 4.47. The van der Waals surface area contributed by atoms with Gasteiger partial charge in [-0.25, -0.2) is 26.8 Å². The summed E-state index contributed by atoms with van der Waals surface area (Å²) in [4.78, 5) is 29.4. The summed E-state index contributed by atoms with van der Waals surface area (Å²) in [5.41, 5.74) is -0.760. The van der Waals surface area contributed by atoms with Crippen LogP contribution in [0.25, 0.3) is 21.8 Å². The van der Waals surface area contributed by atoms with Crippen molar-refractivity contribution in [2.24, 2.45) is 0 Å². The van der Waals surface area contributed by atoms with Gasteiger partial charge in [-0.05, 0) is 12.1 Å². The minimum absolute atomic E-state index is 0.00608. The Bertz CT molecular complexity index is 1220. The molecule has 0 saturated carbocycles. The van der Waals surface area contributed by atoms with E-state index < -0.39 is 27.9 Å². The zero-order valence-corrected chi connectivity index (χ0v) is 15.5. The quantitative estimate of drug-likeness (QED) is 0.348. The van der Waals surface area contributed by atoms with Gasteiger partial charge in [-0.15, -0.1) is 0 Å². The van der Waals surface area contributed by atoms with Crippen molar-refractivity contribution >= 4 is 73.8 Å². The van der Waals surface area contributed by atoms with Gasteiger partial charge in [-0.2, -0.15) is 0 Å². The number of nitrogens with zero attached hydrogens (tertiary/aromatic N) is 2. The number of fused-ring (bicyclic) bond motifs is 3. The molecule has 12 heteroatoms. The highest BCUT2D eigenvalue weighted by atomic mass is 35.7. The highest BCUT2D eigenvalue weighted by molar-refractivity contribution is 8.14. The van der Waals surface area contributed by atoms with Crippen LogP contribution in [-0.4, -0.2) is 39.4 Å². The Hall–Kier alpha value is -2.14. The minimum Gasteiger partial charge on any atom is -0.296 e. The Morgan fingerprint density at radius 3 is 1.35 bits per heavy atom. The van der Waals surface area contributed by atoms with Crippen LogP contribution in [0.15, 0.2) is 34.1 Å². The van der Waals surface area contributed by atoms with Crippen molar-refractivity contribution in [1.29, 1.82) is 0 Å². The number of benzene rings is 1. The molecule has 0 amide bonds. The molecular weight excluding hydrogens is 427 g/mol. The minimum atomic E-state index is -4.25. The van der Waals surface area contributed by atoms with Crippen LogP contribution >= 0.6 is 21.4 Å². The normalized spacial score (nSPS) is 12.4. The van der Waals surface area contributed by atoms with Crippen molar-refractivity contribution in [1.82, 2.24) is 9.97 Å². The second-order valence-electron chi connectivity index (χ2n) is 5.06. The van der Waals surface area contributed by atoms with E-state index in [1.807, 2.05) is 0 Å². The maximum atomic E-state index is 11.8. The average Bonchev–Trinajstić information content (AvgIpc) is 2.57. The van der Waals surface area contributed by atoms with E-state index in [-0.39, 0.29) is 33.2 Å². The van der Waals surface area contributed by atoms with E-state index in [0.717, 1.165) is 12.1 Å². The molecule has 0 bridgehead atoms. The molecule has 134 valence electrons. The lowest BCUT2D eigenvalue weighted by atomic mass is 10.1. The number of carbonyl (C=O) groups is 2. The van der Waals surface area contributed by atoms with Crippen LogP contribution < -0.4 is 0 Å². The molecule has 3 rings (SSSR count). The van der Waals surface area contributed by atoms with Crippen molar-refractivity contribution in [2.45, 2.75) is 9.79 Å². The lowest BCUT2D eigenvalue weighted by Gasteiger charge is -2.10. The molecule has 26 heavy (non-hydrogen) atoms. The van der Waals surface area contributed by atoms with Gasteiger partial charge in [-0.1, -0.05) is 12.1 Å². The van der Waals surface area contributed by atoms with E-state index >= 15 is 0 Å². The van der Waals surface area contributed by atoms with Crippen LogP contribution in [0, 0.1) is 0 Å². The smallest absolute Gasteiger partial charge is 0.262 e. The fourth-order valence-corrected chi connectivity index (χ4v) is 4.62. The van der Waals surface area contributed by atoms with Gasteiger partial charge in [0.25, 0.3) is 18.1 Å². The molecule has 0 aliphatic carbocycles. The van der Waals surface area contributed by atoms with Crippen LogP contribution in [0.5, 0.6) is 0 Å². The molecule has 0 saturated heterocycles. The predicted octanol–water partition coefficient (Wildman–Crippen LogP) is 2.26. The molecular formula is C14H6Cl2N2O6S2. The lowest BCUT2D eigenvalue weighted by molar-refractivity contribution is 0.111. The van der Waals surface area contributed by atoms with E-state index in [0.29, 0.717) is 12.6 Å². The summed E-state index contributed by atoms with van der Waals surface area (Å²) >= 11 is 0. The predicted molar refractivity (Wildman–Crippen MR) is 93.9 cm³/mol. The highest BCUT2D eigenvalue weighted by Gasteiger charge is 2.22. The summed E-state index contributed by atoms with van der Waals surface area (Å²) in [6, 6.07) is 4.49. The first kappa shape index (κ1) is 18.6. The third kappa shape index (κ3) is 3.16. The lowest BCUT2D eigenvalue weighted by Crippen LogP contribution is -2.02. The molecule has 0 fully saturated rings. The van der Waals surface area contributed by atoms with Gasteiger partial charge < -0.3 is 0 Å². The van der Waals surface area contributed by atoms with Crippen LogP contribution in [-0.2, 0) is 18.1 Å². The van der Waals surface area contributed by atoms with Crippen LogP contribution in [0.4, 0.5) is 0 Å². The van der Waals surface area contributed by atoms with Gasteiger partial charge in [0.1, 0.15) is 11.4 Å². The second-order valence-corrected chi connectivity index (χ2v) is 10.1. The summed E-state index contributed by atoms with van der Waals surface area (Å²) in [6.07, 6.45) is 0.596. The Morgan fingerprint density at radius 2 is 1.08 bits per heavy atom. The maximum Gasteiger partial charge on any atom is 0.262 e.